The predicted octanol–water partition coefficient (Wildman–Crippen LogP) is 3.97. The Labute approximate surface area is 125 Å². The summed E-state index contributed by atoms with van der Waals surface area (Å²) in [6.45, 7) is 0. The summed E-state index contributed by atoms with van der Waals surface area (Å²) in [5.74, 6) is 0. The number of thiophene rings is 1. The van der Waals surface area contributed by atoms with Gasteiger partial charge in [0.1, 0.15) is 4.83 Å². The first-order valence-electron chi connectivity index (χ1n) is 6.45. The first-order valence-corrected chi connectivity index (χ1v) is 9.03. The van der Waals surface area contributed by atoms with Crippen LogP contribution in [0.4, 0.5) is 0 Å². The Balaban J connectivity index is 2.09. The molecule has 1 N–H and O–H groups in total. The Morgan fingerprint density at radius 2 is 2.37 bits per heavy atom. The molecule has 6 heteroatoms. The zero-order valence-corrected chi connectivity index (χ0v) is 13.2. The average Bonchev–Trinajstić information content (AvgIpc) is 2.87. The number of rotatable bonds is 2. The van der Waals surface area contributed by atoms with Gasteiger partial charge in [-0.1, -0.05) is 6.42 Å². The minimum atomic E-state index is 0.0757. The van der Waals surface area contributed by atoms with Gasteiger partial charge in [-0.15, -0.1) is 11.3 Å². The van der Waals surface area contributed by atoms with Crippen molar-refractivity contribution in [2.45, 2.75) is 37.0 Å². The molecule has 0 aliphatic heterocycles. The normalized spacial score (nSPS) is 23.8. The van der Waals surface area contributed by atoms with Crippen LogP contribution in [0.3, 0.4) is 0 Å². The molecule has 2 atom stereocenters. The number of aromatic amines is 1. The molecule has 102 valence electrons. The predicted molar refractivity (Wildman–Crippen MR) is 86.1 cm³/mol. The molecule has 1 aliphatic rings. The summed E-state index contributed by atoms with van der Waals surface area (Å²) >= 11 is 8.84. The molecule has 0 saturated heterocycles. The van der Waals surface area contributed by atoms with E-state index < -0.39 is 0 Å². The van der Waals surface area contributed by atoms with Gasteiger partial charge in [0.05, 0.1) is 5.39 Å². The highest BCUT2D eigenvalue weighted by atomic mass is 32.2. The summed E-state index contributed by atoms with van der Waals surface area (Å²) < 4.78 is 2.39. The van der Waals surface area contributed by atoms with E-state index in [0.717, 1.165) is 23.1 Å². The number of fused-ring (bicyclic) bond motifs is 1. The molecule has 19 heavy (non-hydrogen) atoms. The molecule has 0 spiro atoms. The van der Waals surface area contributed by atoms with Gasteiger partial charge in [-0.3, -0.25) is 9.36 Å². The Morgan fingerprint density at radius 1 is 1.53 bits per heavy atom. The van der Waals surface area contributed by atoms with Crippen molar-refractivity contribution in [1.29, 1.82) is 0 Å². The van der Waals surface area contributed by atoms with Crippen LogP contribution in [0.25, 0.3) is 10.2 Å². The highest BCUT2D eigenvalue weighted by molar-refractivity contribution is 7.99. The van der Waals surface area contributed by atoms with Gasteiger partial charge in [-0.2, -0.15) is 11.8 Å². The van der Waals surface area contributed by atoms with Crippen molar-refractivity contribution in [3.05, 3.63) is 26.6 Å². The van der Waals surface area contributed by atoms with E-state index in [1.54, 1.807) is 0 Å². The van der Waals surface area contributed by atoms with Crippen LogP contribution in [0.1, 0.15) is 31.7 Å². The van der Waals surface area contributed by atoms with Crippen LogP contribution in [0.5, 0.6) is 0 Å². The van der Waals surface area contributed by atoms with E-state index in [4.69, 9.17) is 12.2 Å². The maximum atomic E-state index is 12.6. The first kappa shape index (κ1) is 13.4. The van der Waals surface area contributed by atoms with Crippen molar-refractivity contribution in [1.82, 2.24) is 9.55 Å². The minimum Gasteiger partial charge on any atom is -0.323 e. The van der Waals surface area contributed by atoms with Gasteiger partial charge in [0, 0.05) is 11.3 Å². The number of hydrogen-bond donors (Lipinski definition) is 1. The molecule has 2 unspecified atom stereocenters. The SMILES string of the molecule is CSC1CCCC(n2c(=S)[nH]c3sccc3c2=O)C1. The number of nitrogens with one attached hydrogen (secondary N) is 1. The smallest absolute Gasteiger partial charge is 0.263 e. The number of aromatic nitrogens is 2. The summed E-state index contributed by atoms with van der Waals surface area (Å²) in [4.78, 5) is 16.7. The third-order valence-corrected chi connectivity index (χ3v) is 6.07. The highest BCUT2D eigenvalue weighted by Gasteiger charge is 2.24. The van der Waals surface area contributed by atoms with E-state index in [1.807, 2.05) is 27.8 Å². The number of thioether (sulfide) groups is 1. The molecule has 1 fully saturated rings. The summed E-state index contributed by atoms with van der Waals surface area (Å²) in [7, 11) is 0. The Hall–Kier alpha value is -0.590. The lowest BCUT2D eigenvalue weighted by atomic mass is 9.95. The van der Waals surface area contributed by atoms with E-state index in [1.165, 1.54) is 24.2 Å². The minimum absolute atomic E-state index is 0.0757. The second-order valence-electron chi connectivity index (χ2n) is 4.95. The highest BCUT2D eigenvalue weighted by Crippen LogP contribution is 2.33. The summed E-state index contributed by atoms with van der Waals surface area (Å²) in [5, 5.41) is 3.36. The monoisotopic (exact) mass is 312 g/mol. The molecule has 0 amide bonds. The molecule has 0 radical (unpaired) electrons. The van der Waals surface area contributed by atoms with Crippen molar-refractivity contribution in [3.8, 4) is 0 Å². The molecular weight excluding hydrogens is 296 g/mol. The fourth-order valence-corrected chi connectivity index (χ4v) is 4.85. The quantitative estimate of drug-likeness (QED) is 0.853. The van der Waals surface area contributed by atoms with Gasteiger partial charge in [-0.05, 0) is 49.2 Å². The Morgan fingerprint density at radius 3 is 3.16 bits per heavy atom. The zero-order valence-electron chi connectivity index (χ0n) is 10.7. The maximum absolute atomic E-state index is 12.6. The van der Waals surface area contributed by atoms with Crippen molar-refractivity contribution in [2.24, 2.45) is 0 Å². The standard InChI is InChI=1S/C13H16N2OS3/c1-18-9-4-2-3-8(7-9)15-12(16)10-5-6-19-11(10)14-13(15)17/h5-6,8-9H,2-4,7H2,1H3,(H,14,17). The van der Waals surface area contributed by atoms with Crippen LogP contribution in [0, 0.1) is 4.77 Å². The average molecular weight is 312 g/mol. The molecule has 2 aromatic rings. The lowest BCUT2D eigenvalue weighted by Gasteiger charge is -2.29. The van der Waals surface area contributed by atoms with Crippen molar-refractivity contribution in [3.63, 3.8) is 0 Å². The Bertz CT molecular complexity index is 700. The van der Waals surface area contributed by atoms with Gasteiger partial charge < -0.3 is 4.98 Å². The van der Waals surface area contributed by atoms with E-state index in [2.05, 4.69) is 11.2 Å². The summed E-state index contributed by atoms with van der Waals surface area (Å²) in [5.41, 5.74) is 0.0757. The molecule has 1 aliphatic carbocycles. The third kappa shape index (κ3) is 2.41. The largest absolute Gasteiger partial charge is 0.323 e. The lowest BCUT2D eigenvalue weighted by Crippen LogP contribution is -2.30. The molecule has 2 aromatic heterocycles. The Kier molecular flexibility index (Phi) is 3.82. The molecule has 3 nitrogen and oxygen atoms in total. The first-order chi connectivity index (χ1) is 9.20. The van der Waals surface area contributed by atoms with Gasteiger partial charge in [0.25, 0.3) is 5.56 Å². The van der Waals surface area contributed by atoms with Crippen LogP contribution in [0.2, 0.25) is 0 Å². The van der Waals surface area contributed by atoms with Gasteiger partial charge in [0.2, 0.25) is 0 Å². The van der Waals surface area contributed by atoms with Crippen LogP contribution in [-0.2, 0) is 0 Å². The van der Waals surface area contributed by atoms with Crippen molar-refractivity contribution >= 4 is 45.5 Å². The number of H-pyrrole nitrogens is 1. The van der Waals surface area contributed by atoms with E-state index in [0.29, 0.717) is 10.0 Å². The van der Waals surface area contributed by atoms with Gasteiger partial charge >= 0.3 is 0 Å². The zero-order chi connectivity index (χ0) is 13.4. The molecule has 0 bridgehead atoms. The van der Waals surface area contributed by atoms with Gasteiger partial charge in [0.15, 0.2) is 4.77 Å². The molecule has 2 heterocycles. The maximum Gasteiger partial charge on any atom is 0.263 e. The molecule has 1 saturated carbocycles. The van der Waals surface area contributed by atoms with E-state index in [9.17, 15) is 4.79 Å². The molecule has 0 aromatic carbocycles. The van der Waals surface area contributed by atoms with Crippen LogP contribution >= 0.6 is 35.3 Å². The molecular formula is C13H16N2OS3. The van der Waals surface area contributed by atoms with Crippen molar-refractivity contribution < 1.29 is 0 Å². The topological polar surface area (TPSA) is 37.8 Å². The lowest BCUT2D eigenvalue weighted by molar-refractivity contribution is 0.349. The van der Waals surface area contributed by atoms with Crippen LogP contribution in [0.15, 0.2) is 16.2 Å². The van der Waals surface area contributed by atoms with E-state index >= 15 is 0 Å². The van der Waals surface area contributed by atoms with Crippen LogP contribution < -0.4 is 5.56 Å². The van der Waals surface area contributed by atoms with Gasteiger partial charge in [-0.25, -0.2) is 0 Å². The van der Waals surface area contributed by atoms with Crippen LogP contribution in [-0.4, -0.2) is 21.1 Å². The van der Waals surface area contributed by atoms with E-state index in [-0.39, 0.29) is 11.6 Å². The second kappa shape index (κ2) is 5.42. The second-order valence-corrected chi connectivity index (χ2v) is 7.39. The fourth-order valence-electron chi connectivity index (χ4n) is 2.85. The summed E-state index contributed by atoms with van der Waals surface area (Å²) in [6, 6.07) is 2.14. The number of hydrogen-bond acceptors (Lipinski definition) is 4. The third-order valence-electron chi connectivity index (χ3n) is 3.85. The number of nitrogens with zero attached hydrogens (tertiary/aromatic N) is 1. The van der Waals surface area contributed by atoms with Crippen molar-refractivity contribution in [2.75, 3.05) is 6.26 Å². The molecule has 3 rings (SSSR count). The summed E-state index contributed by atoms with van der Waals surface area (Å²) in [6.07, 6.45) is 6.69. The fraction of sp³-hybridized carbons (Fsp3) is 0.538.